The van der Waals surface area contributed by atoms with Gasteiger partial charge in [0.05, 0.1) is 18.7 Å². The van der Waals surface area contributed by atoms with Crippen LogP contribution >= 0.6 is 0 Å². The van der Waals surface area contributed by atoms with Crippen molar-refractivity contribution in [1.82, 2.24) is 4.90 Å². The molecule has 0 aromatic carbocycles. The summed E-state index contributed by atoms with van der Waals surface area (Å²) in [6.07, 6.45) is 0.573. The van der Waals surface area contributed by atoms with Crippen molar-refractivity contribution in [2.24, 2.45) is 0 Å². The van der Waals surface area contributed by atoms with E-state index in [-0.39, 0.29) is 18.7 Å². The van der Waals surface area contributed by atoms with Gasteiger partial charge in [-0.05, 0) is 20.3 Å². The van der Waals surface area contributed by atoms with Crippen molar-refractivity contribution >= 4 is 11.9 Å². The van der Waals surface area contributed by atoms with E-state index in [9.17, 15) is 9.59 Å². The van der Waals surface area contributed by atoms with Gasteiger partial charge in [-0.2, -0.15) is 0 Å². The van der Waals surface area contributed by atoms with E-state index in [0.29, 0.717) is 13.0 Å². The molecule has 0 saturated heterocycles. The number of hydrogen-bond acceptors (Lipinski definition) is 4. The lowest BCUT2D eigenvalue weighted by Crippen LogP contribution is -2.38. The first-order chi connectivity index (χ1) is 7.26. The highest BCUT2D eigenvalue weighted by Crippen LogP contribution is 2.13. The van der Waals surface area contributed by atoms with Gasteiger partial charge < -0.3 is 14.9 Å². The predicted octanol–water partition coefficient (Wildman–Crippen LogP) is 0.273. The maximum atomic E-state index is 10.5. The quantitative estimate of drug-likeness (QED) is 0.626. The van der Waals surface area contributed by atoms with Crippen molar-refractivity contribution in [3.05, 3.63) is 0 Å². The normalized spacial score (nSPS) is 11.8. The predicted molar refractivity (Wildman–Crippen MR) is 57.4 cm³/mol. The van der Waals surface area contributed by atoms with Gasteiger partial charge in [0.25, 0.3) is 0 Å². The van der Waals surface area contributed by atoms with E-state index in [1.165, 1.54) is 4.90 Å². The third-order valence-electron chi connectivity index (χ3n) is 2.30. The van der Waals surface area contributed by atoms with Crippen LogP contribution in [0.1, 0.15) is 20.3 Å². The maximum Gasteiger partial charge on any atom is 0.317 e. The molecule has 0 aliphatic rings. The second-order valence-electron chi connectivity index (χ2n) is 4.21. The first-order valence-corrected chi connectivity index (χ1v) is 4.98. The molecular formula is C10H19NO5. The van der Waals surface area contributed by atoms with Gasteiger partial charge in [0.1, 0.15) is 0 Å². The van der Waals surface area contributed by atoms with E-state index in [2.05, 4.69) is 0 Å². The van der Waals surface area contributed by atoms with Gasteiger partial charge in [0, 0.05) is 13.7 Å². The van der Waals surface area contributed by atoms with Crippen LogP contribution in [0, 0.1) is 0 Å². The van der Waals surface area contributed by atoms with Crippen LogP contribution in [0.25, 0.3) is 0 Å². The number of carbonyl (C=O) groups is 2. The summed E-state index contributed by atoms with van der Waals surface area (Å²) in [5.74, 6) is -2.06. The van der Waals surface area contributed by atoms with E-state index < -0.39 is 11.9 Å². The van der Waals surface area contributed by atoms with Gasteiger partial charge in [-0.3, -0.25) is 14.5 Å². The van der Waals surface area contributed by atoms with Gasteiger partial charge in [0.15, 0.2) is 0 Å². The summed E-state index contributed by atoms with van der Waals surface area (Å²) in [6.45, 7) is 3.57. The lowest BCUT2D eigenvalue weighted by molar-refractivity contribution is -0.142. The van der Waals surface area contributed by atoms with Crippen molar-refractivity contribution in [1.29, 1.82) is 0 Å². The Morgan fingerprint density at radius 2 is 1.62 bits per heavy atom. The lowest BCUT2D eigenvalue weighted by atomic mass is 10.1. The minimum absolute atomic E-state index is 0.272. The van der Waals surface area contributed by atoms with Crippen LogP contribution in [0.5, 0.6) is 0 Å². The molecule has 0 spiro atoms. The number of methoxy groups -OCH3 is 1. The third kappa shape index (κ3) is 7.19. The zero-order valence-electron chi connectivity index (χ0n) is 9.89. The molecule has 94 valence electrons. The number of aliphatic carboxylic acids is 2. The highest BCUT2D eigenvalue weighted by molar-refractivity contribution is 5.72. The van der Waals surface area contributed by atoms with Gasteiger partial charge in [0.2, 0.25) is 0 Å². The molecule has 0 heterocycles. The Balaban J connectivity index is 4.20. The van der Waals surface area contributed by atoms with Crippen LogP contribution < -0.4 is 0 Å². The molecule has 0 unspecified atom stereocenters. The summed E-state index contributed by atoms with van der Waals surface area (Å²) in [6, 6.07) is 0. The largest absolute Gasteiger partial charge is 0.480 e. The van der Waals surface area contributed by atoms with Crippen molar-refractivity contribution in [2.45, 2.75) is 25.9 Å². The molecule has 0 amide bonds. The zero-order chi connectivity index (χ0) is 12.8. The number of rotatable bonds is 8. The number of hydrogen-bond donors (Lipinski definition) is 2. The minimum atomic E-state index is -1.03. The standard InChI is InChI=1S/C10H19NO5/c1-10(2,16-3)4-5-11(6-8(12)13)7-9(14)15/h4-7H2,1-3H3,(H,12,13)(H,14,15). The second-order valence-corrected chi connectivity index (χ2v) is 4.21. The maximum absolute atomic E-state index is 10.5. The Bertz CT molecular complexity index is 236. The van der Waals surface area contributed by atoms with E-state index in [1.54, 1.807) is 7.11 Å². The zero-order valence-corrected chi connectivity index (χ0v) is 9.89. The summed E-state index contributed by atoms with van der Waals surface area (Å²) in [4.78, 5) is 22.4. The van der Waals surface area contributed by atoms with Crippen LogP contribution in [0.2, 0.25) is 0 Å². The minimum Gasteiger partial charge on any atom is -0.480 e. The molecule has 0 aromatic rings. The number of ether oxygens (including phenoxy) is 1. The lowest BCUT2D eigenvalue weighted by Gasteiger charge is -2.26. The first-order valence-electron chi connectivity index (χ1n) is 4.98. The molecule has 0 aromatic heterocycles. The molecule has 0 aliphatic heterocycles. The van der Waals surface area contributed by atoms with Crippen LogP contribution in [0.4, 0.5) is 0 Å². The van der Waals surface area contributed by atoms with Crippen LogP contribution in [-0.4, -0.2) is 59.4 Å². The Kier molecular flexibility index (Phi) is 5.98. The summed E-state index contributed by atoms with van der Waals surface area (Å²) in [5.41, 5.74) is -0.380. The molecular weight excluding hydrogens is 214 g/mol. The van der Waals surface area contributed by atoms with E-state index in [1.807, 2.05) is 13.8 Å². The van der Waals surface area contributed by atoms with Crippen LogP contribution in [0.15, 0.2) is 0 Å². The molecule has 6 nitrogen and oxygen atoms in total. The monoisotopic (exact) mass is 233 g/mol. The van der Waals surface area contributed by atoms with Gasteiger partial charge in [-0.25, -0.2) is 0 Å². The second kappa shape index (κ2) is 6.44. The summed E-state index contributed by atoms with van der Waals surface area (Å²) >= 11 is 0. The van der Waals surface area contributed by atoms with E-state index in [4.69, 9.17) is 14.9 Å². The SMILES string of the molecule is COC(C)(C)CCN(CC(=O)O)CC(=O)O. The first kappa shape index (κ1) is 14.9. The summed E-state index contributed by atoms with van der Waals surface area (Å²) in [7, 11) is 1.57. The summed E-state index contributed by atoms with van der Waals surface area (Å²) < 4.78 is 5.18. The highest BCUT2D eigenvalue weighted by Gasteiger charge is 2.20. The highest BCUT2D eigenvalue weighted by atomic mass is 16.5. The fourth-order valence-electron chi connectivity index (χ4n) is 1.13. The van der Waals surface area contributed by atoms with E-state index in [0.717, 1.165) is 0 Å². The number of carboxylic acid groups (broad SMARTS) is 2. The molecule has 0 atom stereocenters. The van der Waals surface area contributed by atoms with Crippen molar-refractivity contribution in [3.8, 4) is 0 Å². The fraction of sp³-hybridized carbons (Fsp3) is 0.800. The van der Waals surface area contributed by atoms with Crippen LogP contribution in [-0.2, 0) is 14.3 Å². The Labute approximate surface area is 94.8 Å². The fourth-order valence-corrected chi connectivity index (χ4v) is 1.13. The number of nitrogens with zero attached hydrogens (tertiary/aromatic N) is 1. The Hall–Kier alpha value is -1.14. The smallest absolute Gasteiger partial charge is 0.317 e. The molecule has 6 heteroatoms. The van der Waals surface area contributed by atoms with Gasteiger partial charge >= 0.3 is 11.9 Å². The summed E-state index contributed by atoms with van der Waals surface area (Å²) in [5, 5.41) is 17.2. The Morgan fingerprint density at radius 3 is 1.94 bits per heavy atom. The van der Waals surface area contributed by atoms with Crippen molar-refractivity contribution < 1.29 is 24.5 Å². The van der Waals surface area contributed by atoms with Crippen LogP contribution in [0.3, 0.4) is 0 Å². The average Bonchev–Trinajstić information content (AvgIpc) is 2.13. The van der Waals surface area contributed by atoms with Gasteiger partial charge in [-0.15, -0.1) is 0 Å². The van der Waals surface area contributed by atoms with Crippen molar-refractivity contribution in [2.75, 3.05) is 26.7 Å². The molecule has 0 saturated carbocycles. The molecule has 0 bridgehead atoms. The number of carboxylic acids is 2. The third-order valence-corrected chi connectivity index (χ3v) is 2.30. The topological polar surface area (TPSA) is 87.1 Å². The van der Waals surface area contributed by atoms with E-state index >= 15 is 0 Å². The molecule has 0 radical (unpaired) electrons. The molecule has 0 aliphatic carbocycles. The molecule has 0 rings (SSSR count). The molecule has 16 heavy (non-hydrogen) atoms. The van der Waals surface area contributed by atoms with Crippen molar-refractivity contribution in [3.63, 3.8) is 0 Å². The average molecular weight is 233 g/mol. The Morgan fingerprint density at radius 1 is 1.19 bits per heavy atom. The van der Waals surface area contributed by atoms with Gasteiger partial charge in [-0.1, -0.05) is 0 Å². The molecule has 0 fully saturated rings. The molecule has 2 N–H and O–H groups in total.